The van der Waals surface area contributed by atoms with Crippen LogP contribution in [0.15, 0.2) is 29.6 Å². The molecule has 0 amide bonds. The largest absolute Gasteiger partial charge is 0.287 e. The first-order valence-corrected chi connectivity index (χ1v) is 5.57. The molecule has 15 heavy (non-hydrogen) atoms. The molecule has 1 N–H and O–H groups in total. The Morgan fingerprint density at radius 2 is 2.13 bits per heavy atom. The molecule has 0 radical (unpaired) electrons. The van der Waals surface area contributed by atoms with Crippen molar-refractivity contribution in [3.8, 4) is 11.3 Å². The van der Waals surface area contributed by atoms with E-state index in [2.05, 4.69) is 4.98 Å². The third kappa shape index (κ3) is 2.12. The molecule has 78 valence electrons. The number of hydrogen-bond donors (Lipinski definition) is 1. The number of anilines is 1. The standard InChI is InChI=1S/C10H9ClN2OS/c1-13(14)10-12-9(6-15-10)7-4-2-3-5-8(7)11/h2-6,14H,1H3. The SMILES string of the molecule is CN(O)c1nc(-c2ccccc2Cl)cs1. The average molecular weight is 241 g/mol. The van der Waals surface area contributed by atoms with Crippen LogP contribution in [0, 0.1) is 0 Å². The topological polar surface area (TPSA) is 36.4 Å². The Labute approximate surface area is 96.5 Å². The molecule has 5 heteroatoms. The van der Waals surface area contributed by atoms with Crippen LogP contribution in [-0.2, 0) is 0 Å². The highest BCUT2D eigenvalue weighted by Gasteiger charge is 2.08. The van der Waals surface area contributed by atoms with Crippen LogP contribution in [0.1, 0.15) is 0 Å². The van der Waals surface area contributed by atoms with Gasteiger partial charge in [-0.3, -0.25) is 5.21 Å². The van der Waals surface area contributed by atoms with Gasteiger partial charge in [-0.1, -0.05) is 29.8 Å². The molecule has 1 aromatic carbocycles. The molecule has 0 aliphatic heterocycles. The van der Waals surface area contributed by atoms with Gasteiger partial charge in [-0.05, 0) is 6.07 Å². The maximum absolute atomic E-state index is 9.20. The summed E-state index contributed by atoms with van der Waals surface area (Å²) in [5.74, 6) is 0. The van der Waals surface area contributed by atoms with Crippen LogP contribution in [-0.4, -0.2) is 17.2 Å². The van der Waals surface area contributed by atoms with E-state index in [0.29, 0.717) is 10.2 Å². The fourth-order valence-corrected chi connectivity index (χ4v) is 2.14. The van der Waals surface area contributed by atoms with Gasteiger partial charge in [0, 0.05) is 23.0 Å². The van der Waals surface area contributed by atoms with Crippen LogP contribution in [0.5, 0.6) is 0 Å². The second-order valence-corrected chi connectivity index (χ2v) is 4.26. The van der Waals surface area contributed by atoms with Crippen molar-refractivity contribution >= 4 is 28.1 Å². The van der Waals surface area contributed by atoms with Crippen molar-refractivity contribution in [3.05, 3.63) is 34.7 Å². The first kappa shape index (κ1) is 10.4. The smallest absolute Gasteiger partial charge is 0.209 e. The van der Waals surface area contributed by atoms with E-state index in [9.17, 15) is 5.21 Å². The van der Waals surface area contributed by atoms with Crippen molar-refractivity contribution in [1.29, 1.82) is 0 Å². The average Bonchev–Trinajstić information content (AvgIpc) is 2.67. The van der Waals surface area contributed by atoms with Gasteiger partial charge in [-0.2, -0.15) is 0 Å². The molecule has 1 aromatic heterocycles. The molecule has 0 atom stereocenters. The summed E-state index contributed by atoms with van der Waals surface area (Å²) in [5, 5.41) is 13.3. The van der Waals surface area contributed by atoms with Gasteiger partial charge in [0.2, 0.25) is 5.13 Å². The summed E-state index contributed by atoms with van der Waals surface area (Å²) in [4.78, 5) is 4.25. The normalized spacial score (nSPS) is 10.3. The molecule has 2 rings (SSSR count). The summed E-state index contributed by atoms with van der Waals surface area (Å²) in [5.41, 5.74) is 1.66. The van der Waals surface area contributed by atoms with Gasteiger partial charge in [-0.15, -0.1) is 11.3 Å². The summed E-state index contributed by atoms with van der Waals surface area (Å²) >= 11 is 7.40. The van der Waals surface area contributed by atoms with Gasteiger partial charge in [0.1, 0.15) is 0 Å². The zero-order chi connectivity index (χ0) is 10.8. The Bertz CT molecular complexity index is 470. The van der Waals surface area contributed by atoms with Crippen LogP contribution < -0.4 is 5.06 Å². The van der Waals surface area contributed by atoms with Crippen LogP contribution in [0.3, 0.4) is 0 Å². The predicted octanol–water partition coefficient (Wildman–Crippen LogP) is 3.29. The summed E-state index contributed by atoms with van der Waals surface area (Å²) in [6, 6.07) is 7.50. The molecule has 0 aliphatic rings. The highest BCUT2D eigenvalue weighted by atomic mass is 35.5. The summed E-state index contributed by atoms with van der Waals surface area (Å²) in [6.45, 7) is 0. The number of benzene rings is 1. The van der Waals surface area contributed by atoms with Crippen molar-refractivity contribution in [2.45, 2.75) is 0 Å². The van der Waals surface area contributed by atoms with Gasteiger partial charge >= 0.3 is 0 Å². The number of nitrogens with zero attached hydrogens (tertiary/aromatic N) is 2. The number of rotatable bonds is 2. The maximum Gasteiger partial charge on any atom is 0.209 e. The molecular formula is C10H9ClN2OS. The van der Waals surface area contributed by atoms with E-state index in [-0.39, 0.29) is 0 Å². The molecule has 3 nitrogen and oxygen atoms in total. The predicted molar refractivity (Wildman–Crippen MR) is 62.7 cm³/mol. The molecule has 0 spiro atoms. The second-order valence-electron chi connectivity index (χ2n) is 3.02. The zero-order valence-electron chi connectivity index (χ0n) is 8.01. The Hall–Kier alpha value is -1.10. The van der Waals surface area contributed by atoms with Crippen LogP contribution in [0.25, 0.3) is 11.3 Å². The van der Waals surface area contributed by atoms with E-state index >= 15 is 0 Å². The van der Waals surface area contributed by atoms with Crippen LogP contribution >= 0.6 is 22.9 Å². The Morgan fingerprint density at radius 3 is 2.73 bits per heavy atom. The highest BCUT2D eigenvalue weighted by Crippen LogP contribution is 2.30. The van der Waals surface area contributed by atoms with Gasteiger partial charge in [0.15, 0.2) is 0 Å². The lowest BCUT2D eigenvalue weighted by atomic mass is 10.2. The number of halogens is 1. The van der Waals surface area contributed by atoms with Gasteiger partial charge in [0.25, 0.3) is 0 Å². The van der Waals surface area contributed by atoms with E-state index in [1.54, 1.807) is 0 Å². The number of thiazole rings is 1. The van der Waals surface area contributed by atoms with E-state index in [0.717, 1.165) is 16.3 Å². The van der Waals surface area contributed by atoms with Crippen LogP contribution in [0.4, 0.5) is 5.13 Å². The fraction of sp³-hybridized carbons (Fsp3) is 0.100. The van der Waals surface area contributed by atoms with Crippen molar-refractivity contribution in [3.63, 3.8) is 0 Å². The third-order valence-electron chi connectivity index (χ3n) is 1.92. The lowest BCUT2D eigenvalue weighted by Gasteiger charge is -2.03. The minimum absolute atomic E-state index is 0.546. The maximum atomic E-state index is 9.20. The number of hydrogen-bond acceptors (Lipinski definition) is 4. The van der Waals surface area contributed by atoms with E-state index in [1.807, 2.05) is 29.6 Å². The molecule has 0 fully saturated rings. The summed E-state index contributed by atoms with van der Waals surface area (Å²) < 4.78 is 0. The van der Waals surface area contributed by atoms with Gasteiger partial charge < -0.3 is 0 Å². The van der Waals surface area contributed by atoms with Crippen molar-refractivity contribution in [1.82, 2.24) is 4.98 Å². The molecule has 0 saturated carbocycles. The molecule has 0 aliphatic carbocycles. The lowest BCUT2D eigenvalue weighted by Crippen LogP contribution is -2.08. The quantitative estimate of drug-likeness (QED) is 0.819. The van der Waals surface area contributed by atoms with Crippen molar-refractivity contribution < 1.29 is 5.21 Å². The van der Waals surface area contributed by atoms with Gasteiger partial charge in [-0.25, -0.2) is 10.0 Å². The van der Waals surface area contributed by atoms with E-state index < -0.39 is 0 Å². The molecule has 0 unspecified atom stereocenters. The highest BCUT2D eigenvalue weighted by molar-refractivity contribution is 7.14. The van der Waals surface area contributed by atoms with Crippen molar-refractivity contribution in [2.75, 3.05) is 12.1 Å². The summed E-state index contributed by atoms with van der Waals surface area (Å²) in [6.07, 6.45) is 0. The summed E-state index contributed by atoms with van der Waals surface area (Å²) in [7, 11) is 1.54. The number of hydroxylamine groups is 1. The molecule has 2 aromatic rings. The number of aromatic nitrogens is 1. The van der Waals surface area contributed by atoms with E-state index in [4.69, 9.17) is 11.6 Å². The first-order valence-electron chi connectivity index (χ1n) is 4.31. The molecule has 1 heterocycles. The minimum Gasteiger partial charge on any atom is -0.287 e. The first-order chi connectivity index (χ1) is 7.18. The Kier molecular flexibility index (Phi) is 2.90. The van der Waals surface area contributed by atoms with E-state index in [1.165, 1.54) is 18.4 Å². The van der Waals surface area contributed by atoms with Crippen molar-refractivity contribution in [2.24, 2.45) is 0 Å². The third-order valence-corrected chi connectivity index (χ3v) is 3.16. The molecular weight excluding hydrogens is 232 g/mol. The Balaban J connectivity index is 2.42. The molecule has 0 bridgehead atoms. The lowest BCUT2D eigenvalue weighted by molar-refractivity contribution is 0.279. The minimum atomic E-state index is 0.546. The zero-order valence-corrected chi connectivity index (χ0v) is 9.59. The van der Waals surface area contributed by atoms with Crippen LogP contribution in [0.2, 0.25) is 5.02 Å². The second kappa shape index (κ2) is 4.18. The molecule has 0 saturated heterocycles. The monoisotopic (exact) mass is 240 g/mol. The van der Waals surface area contributed by atoms with Gasteiger partial charge in [0.05, 0.1) is 5.69 Å². The fourth-order valence-electron chi connectivity index (χ4n) is 1.21. The Morgan fingerprint density at radius 1 is 1.40 bits per heavy atom.